The van der Waals surface area contributed by atoms with E-state index in [1.165, 1.54) is 13.0 Å². The first kappa shape index (κ1) is 20.4. The van der Waals surface area contributed by atoms with Crippen molar-refractivity contribution in [3.8, 4) is 0 Å². The fraction of sp³-hybridized carbons (Fsp3) is 0.375. The Kier molecular flexibility index (Phi) is 5.28. The summed E-state index contributed by atoms with van der Waals surface area (Å²) in [6, 6.07) is 2.31. The second-order valence-electron chi connectivity index (χ2n) is 6.35. The molecular formula is C16H13Cl2F3N4O3. The molecule has 0 aliphatic heterocycles. The van der Waals surface area contributed by atoms with Crippen LogP contribution in [0.15, 0.2) is 18.2 Å². The van der Waals surface area contributed by atoms with Gasteiger partial charge in [-0.05, 0) is 25.8 Å². The largest absolute Gasteiger partial charge is 0.436 e. The summed E-state index contributed by atoms with van der Waals surface area (Å²) in [4.78, 5) is 22.8. The van der Waals surface area contributed by atoms with Crippen LogP contribution >= 0.6 is 23.2 Å². The highest BCUT2D eigenvalue weighted by Gasteiger charge is 2.43. The van der Waals surface area contributed by atoms with Gasteiger partial charge in [0, 0.05) is 18.1 Å². The Balaban J connectivity index is 1.92. The van der Waals surface area contributed by atoms with Gasteiger partial charge in [0.05, 0.1) is 26.3 Å². The van der Waals surface area contributed by atoms with Crippen molar-refractivity contribution in [2.45, 2.75) is 37.9 Å². The third-order valence-corrected chi connectivity index (χ3v) is 4.99. The minimum Gasteiger partial charge on any atom is -0.323 e. The Hall–Kier alpha value is -2.33. The zero-order chi connectivity index (χ0) is 20.8. The van der Waals surface area contributed by atoms with E-state index in [-0.39, 0.29) is 28.0 Å². The minimum absolute atomic E-state index is 0.0324. The number of halogens is 5. The topological polar surface area (TPSA) is 90.1 Å². The van der Waals surface area contributed by atoms with Crippen LogP contribution in [-0.2, 0) is 11.0 Å². The molecule has 0 radical (unpaired) electrons. The molecule has 7 nitrogen and oxygen atoms in total. The molecule has 1 saturated carbocycles. The quantitative estimate of drug-likeness (QED) is 0.515. The van der Waals surface area contributed by atoms with E-state index in [4.69, 9.17) is 23.2 Å². The fourth-order valence-corrected chi connectivity index (χ4v) is 3.25. The third-order valence-electron chi connectivity index (χ3n) is 4.28. The molecule has 1 fully saturated rings. The number of nitro groups is 1. The summed E-state index contributed by atoms with van der Waals surface area (Å²) < 4.78 is 40.5. The lowest BCUT2D eigenvalue weighted by atomic mass is 10.2. The highest BCUT2D eigenvalue weighted by molar-refractivity contribution is 6.34. The van der Waals surface area contributed by atoms with Crippen LogP contribution in [0.1, 0.15) is 43.1 Å². The molecule has 12 heteroatoms. The number of hydrogen-bond acceptors (Lipinski definition) is 4. The summed E-state index contributed by atoms with van der Waals surface area (Å²) in [5.41, 5.74) is -1.42. The fourth-order valence-electron chi connectivity index (χ4n) is 2.70. The summed E-state index contributed by atoms with van der Waals surface area (Å²) >= 11 is 11.9. The van der Waals surface area contributed by atoms with Crippen molar-refractivity contribution in [1.82, 2.24) is 9.78 Å². The molecule has 1 aliphatic rings. The number of alkyl halides is 3. The Morgan fingerprint density at radius 3 is 2.57 bits per heavy atom. The Bertz CT molecular complexity index is 957. The molecule has 2 aromatic rings. The van der Waals surface area contributed by atoms with E-state index in [0.717, 1.165) is 16.8 Å². The second kappa shape index (κ2) is 7.25. The van der Waals surface area contributed by atoms with Crippen LogP contribution in [-0.4, -0.2) is 20.6 Å². The maximum atomic E-state index is 13.2. The average Bonchev–Trinajstić information content (AvgIpc) is 3.37. The molecule has 0 spiro atoms. The number of aromatic nitrogens is 2. The van der Waals surface area contributed by atoms with Crippen molar-refractivity contribution in [2.75, 3.05) is 5.32 Å². The van der Waals surface area contributed by atoms with Crippen molar-refractivity contribution in [3.63, 3.8) is 0 Å². The Morgan fingerprint density at radius 2 is 2.04 bits per heavy atom. The number of anilines is 1. The standard InChI is InChI=1S/C16H13Cl2F3N4O3/c1-7(15(26)22-11-6-9(25(27)28)4-5-10(11)17)24-13(8-2-3-8)12(18)14(23-24)16(19,20)21/h4-8H,2-3H2,1H3,(H,22,26). The molecule has 1 N–H and O–H groups in total. The van der Waals surface area contributed by atoms with Gasteiger partial charge in [-0.1, -0.05) is 23.2 Å². The first-order chi connectivity index (χ1) is 13.0. The maximum Gasteiger partial charge on any atom is 0.436 e. The molecule has 1 heterocycles. The van der Waals surface area contributed by atoms with E-state index in [0.29, 0.717) is 12.8 Å². The summed E-state index contributed by atoms with van der Waals surface area (Å²) in [6.45, 7) is 1.36. The van der Waals surface area contributed by atoms with Crippen LogP contribution in [0.5, 0.6) is 0 Å². The van der Waals surface area contributed by atoms with Crippen molar-refractivity contribution in [3.05, 3.63) is 49.7 Å². The van der Waals surface area contributed by atoms with Crippen LogP contribution < -0.4 is 5.32 Å². The summed E-state index contributed by atoms with van der Waals surface area (Å²) in [7, 11) is 0. The highest BCUT2D eigenvalue weighted by atomic mass is 35.5. The van der Waals surface area contributed by atoms with E-state index < -0.39 is 33.8 Å². The van der Waals surface area contributed by atoms with E-state index >= 15 is 0 Å². The maximum absolute atomic E-state index is 13.2. The van der Waals surface area contributed by atoms with E-state index in [1.54, 1.807) is 0 Å². The lowest BCUT2D eigenvalue weighted by Gasteiger charge is -2.16. The molecule has 1 unspecified atom stereocenters. The molecule has 1 atom stereocenters. The van der Waals surface area contributed by atoms with Crippen LogP contribution in [0.2, 0.25) is 10.0 Å². The minimum atomic E-state index is -4.76. The number of nitrogens with zero attached hydrogens (tertiary/aromatic N) is 3. The van der Waals surface area contributed by atoms with Gasteiger partial charge in [0.15, 0.2) is 5.69 Å². The zero-order valence-corrected chi connectivity index (χ0v) is 15.8. The molecule has 1 amide bonds. The van der Waals surface area contributed by atoms with Crippen LogP contribution in [0.4, 0.5) is 24.5 Å². The molecular weight excluding hydrogens is 424 g/mol. The number of non-ortho nitro benzene ring substituents is 1. The van der Waals surface area contributed by atoms with Gasteiger partial charge < -0.3 is 5.32 Å². The summed E-state index contributed by atoms with van der Waals surface area (Å²) in [5, 5.41) is 16.3. The van der Waals surface area contributed by atoms with E-state index in [2.05, 4.69) is 10.4 Å². The number of carbonyl (C=O) groups is 1. The van der Waals surface area contributed by atoms with E-state index in [9.17, 15) is 28.1 Å². The van der Waals surface area contributed by atoms with E-state index in [1.807, 2.05) is 0 Å². The zero-order valence-electron chi connectivity index (χ0n) is 14.3. The highest BCUT2D eigenvalue weighted by Crippen LogP contribution is 2.47. The number of amides is 1. The lowest BCUT2D eigenvalue weighted by Crippen LogP contribution is -2.26. The molecule has 28 heavy (non-hydrogen) atoms. The van der Waals surface area contributed by atoms with Gasteiger partial charge in [-0.3, -0.25) is 19.6 Å². The van der Waals surface area contributed by atoms with Crippen molar-refractivity contribution >= 4 is 40.5 Å². The second-order valence-corrected chi connectivity index (χ2v) is 7.14. The number of carbonyl (C=O) groups excluding carboxylic acids is 1. The monoisotopic (exact) mass is 436 g/mol. The predicted octanol–water partition coefficient (Wildman–Crippen LogP) is 5.19. The molecule has 0 saturated heterocycles. The predicted molar refractivity (Wildman–Crippen MR) is 95.7 cm³/mol. The number of nitrogens with one attached hydrogen (secondary N) is 1. The molecule has 150 valence electrons. The van der Waals surface area contributed by atoms with Gasteiger partial charge in [-0.25, -0.2) is 0 Å². The lowest BCUT2D eigenvalue weighted by molar-refractivity contribution is -0.384. The van der Waals surface area contributed by atoms with Gasteiger partial charge in [-0.2, -0.15) is 18.3 Å². The molecule has 1 aromatic carbocycles. The van der Waals surface area contributed by atoms with Crippen molar-refractivity contribution < 1.29 is 22.9 Å². The van der Waals surface area contributed by atoms with Crippen LogP contribution in [0, 0.1) is 10.1 Å². The summed E-state index contributed by atoms with van der Waals surface area (Å²) in [5.74, 6) is -0.940. The van der Waals surface area contributed by atoms with Gasteiger partial charge in [0.25, 0.3) is 5.69 Å². The van der Waals surface area contributed by atoms with Gasteiger partial charge in [0.2, 0.25) is 5.91 Å². The van der Waals surface area contributed by atoms with Gasteiger partial charge in [-0.15, -0.1) is 0 Å². The Morgan fingerprint density at radius 1 is 1.39 bits per heavy atom. The molecule has 1 aromatic heterocycles. The first-order valence-corrected chi connectivity index (χ1v) is 8.86. The first-order valence-electron chi connectivity index (χ1n) is 8.10. The number of rotatable bonds is 5. The Labute approximate surface area is 166 Å². The van der Waals surface area contributed by atoms with Crippen LogP contribution in [0.3, 0.4) is 0 Å². The molecule has 1 aliphatic carbocycles. The van der Waals surface area contributed by atoms with Crippen molar-refractivity contribution in [1.29, 1.82) is 0 Å². The SMILES string of the molecule is CC(C(=O)Nc1cc([N+](=O)[O-])ccc1Cl)n1nc(C(F)(F)F)c(Cl)c1C1CC1. The normalized spacial score (nSPS) is 15.4. The average molecular weight is 437 g/mol. The summed E-state index contributed by atoms with van der Waals surface area (Å²) in [6.07, 6.45) is -3.47. The molecule has 3 rings (SSSR count). The van der Waals surface area contributed by atoms with Gasteiger partial charge in [0.1, 0.15) is 6.04 Å². The number of benzene rings is 1. The molecule has 0 bridgehead atoms. The van der Waals surface area contributed by atoms with Gasteiger partial charge >= 0.3 is 6.18 Å². The smallest absolute Gasteiger partial charge is 0.323 e. The van der Waals surface area contributed by atoms with Crippen molar-refractivity contribution in [2.24, 2.45) is 0 Å². The third kappa shape index (κ3) is 3.93. The number of hydrogen-bond donors (Lipinski definition) is 1. The number of nitro benzene ring substituents is 1. The van der Waals surface area contributed by atoms with Crippen LogP contribution in [0.25, 0.3) is 0 Å².